The molecule has 0 bridgehead atoms. The number of esters is 1. The summed E-state index contributed by atoms with van der Waals surface area (Å²) in [6.45, 7) is 0. The molecular formula is C13H15Cl2NO4S. The van der Waals surface area contributed by atoms with E-state index in [1.165, 1.54) is 19.2 Å². The van der Waals surface area contributed by atoms with Crippen molar-refractivity contribution >= 4 is 44.9 Å². The molecule has 1 aromatic rings. The molecule has 1 aliphatic carbocycles. The number of anilines is 1. The zero-order chi connectivity index (χ0) is 15.6. The van der Waals surface area contributed by atoms with Gasteiger partial charge >= 0.3 is 5.97 Å². The van der Waals surface area contributed by atoms with Gasteiger partial charge < -0.3 is 4.74 Å². The van der Waals surface area contributed by atoms with Crippen LogP contribution in [0.2, 0.25) is 10.0 Å². The molecular weight excluding hydrogens is 337 g/mol. The first-order valence-corrected chi connectivity index (χ1v) is 8.70. The summed E-state index contributed by atoms with van der Waals surface area (Å²) >= 11 is 11.9. The van der Waals surface area contributed by atoms with Gasteiger partial charge in [0.1, 0.15) is 0 Å². The van der Waals surface area contributed by atoms with Crippen molar-refractivity contribution in [2.45, 2.75) is 24.5 Å². The SMILES string of the molecule is COC(=O)C1CCCC1S(=O)(=O)Nc1c(Cl)cccc1Cl. The number of carbonyl (C=O) groups is 1. The third kappa shape index (κ3) is 3.44. The van der Waals surface area contributed by atoms with Crippen molar-refractivity contribution in [1.82, 2.24) is 0 Å². The summed E-state index contributed by atoms with van der Waals surface area (Å²) in [5, 5.41) is -0.422. The standard InChI is InChI=1S/C13H15Cl2NO4S/c1-20-13(17)8-4-2-7-11(8)21(18,19)16-12-9(14)5-3-6-10(12)15/h3,5-6,8,11,16H,2,4,7H2,1H3. The maximum Gasteiger partial charge on any atom is 0.310 e. The number of carbonyl (C=O) groups excluding carboxylic acids is 1. The first-order valence-electron chi connectivity index (χ1n) is 6.40. The molecule has 2 rings (SSSR count). The zero-order valence-corrected chi connectivity index (χ0v) is 13.6. The maximum absolute atomic E-state index is 12.5. The molecule has 0 radical (unpaired) electrons. The molecule has 2 atom stereocenters. The van der Waals surface area contributed by atoms with Crippen molar-refractivity contribution < 1.29 is 17.9 Å². The molecule has 0 aliphatic heterocycles. The Hall–Kier alpha value is -0.980. The number of rotatable bonds is 4. The van der Waals surface area contributed by atoms with Gasteiger partial charge in [0.05, 0.1) is 34.0 Å². The molecule has 1 saturated carbocycles. The fraction of sp³-hybridized carbons (Fsp3) is 0.462. The van der Waals surface area contributed by atoms with Crippen LogP contribution in [0.25, 0.3) is 0 Å². The van der Waals surface area contributed by atoms with Gasteiger partial charge in [0, 0.05) is 0 Å². The zero-order valence-electron chi connectivity index (χ0n) is 11.3. The van der Waals surface area contributed by atoms with Crippen LogP contribution >= 0.6 is 23.2 Å². The van der Waals surface area contributed by atoms with E-state index in [2.05, 4.69) is 9.46 Å². The molecule has 2 unspecified atom stereocenters. The summed E-state index contributed by atoms with van der Waals surface area (Å²) in [7, 11) is -2.53. The van der Waals surface area contributed by atoms with E-state index in [0.717, 1.165) is 0 Å². The molecule has 8 heteroatoms. The van der Waals surface area contributed by atoms with Crippen LogP contribution in [0.5, 0.6) is 0 Å². The van der Waals surface area contributed by atoms with Crippen molar-refractivity contribution in [2.24, 2.45) is 5.92 Å². The summed E-state index contributed by atoms with van der Waals surface area (Å²) < 4.78 is 32.1. The van der Waals surface area contributed by atoms with E-state index in [9.17, 15) is 13.2 Å². The molecule has 1 fully saturated rings. The topological polar surface area (TPSA) is 72.5 Å². The molecule has 0 spiro atoms. The van der Waals surface area contributed by atoms with Gasteiger partial charge in [-0.25, -0.2) is 8.42 Å². The van der Waals surface area contributed by atoms with Gasteiger partial charge in [-0.2, -0.15) is 0 Å². The number of methoxy groups -OCH3 is 1. The monoisotopic (exact) mass is 351 g/mol. The van der Waals surface area contributed by atoms with Gasteiger partial charge in [0.15, 0.2) is 0 Å². The highest BCUT2D eigenvalue weighted by Crippen LogP contribution is 2.36. The highest BCUT2D eigenvalue weighted by molar-refractivity contribution is 7.93. The smallest absolute Gasteiger partial charge is 0.310 e. The summed E-state index contributed by atoms with van der Waals surface area (Å²) in [6.07, 6.45) is 1.55. The predicted molar refractivity (Wildman–Crippen MR) is 82.1 cm³/mol. The Balaban J connectivity index is 2.28. The first kappa shape index (κ1) is 16.4. The normalized spacial score (nSPS) is 22.0. The molecule has 0 amide bonds. The average Bonchev–Trinajstić information content (AvgIpc) is 2.92. The summed E-state index contributed by atoms with van der Waals surface area (Å²) in [5.74, 6) is -1.16. The van der Waals surface area contributed by atoms with Crippen LogP contribution in [0.3, 0.4) is 0 Å². The number of ether oxygens (including phenoxy) is 1. The van der Waals surface area contributed by atoms with E-state index < -0.39 is 27.2 Å². The van der Waals surface area contributed by atoms with Gasteiger partial charge in [0.25, 0.3) is 0 Å². The molecule has 5 nitrogen and oxygen atoms in total. The lowest BCUT2D eigenvalue weighted by molar-refractivity contribution is -0.145. The van der Waals surface area contributed by atoms with E-state index in [1.54, 1.807) is 6.07 Å². The van der Waals surface area contributed by atoms with Crippen LogP contribution in [-0.2, 0) is 19.6 Å². The number of hydrogen-bond donors (Lipinski definition) is 1. The van der Waals surface area contributed by atoms with Gasteiger partial charge in [-0.1, -0.05) is 35.7 Å². The Morgan fingerprint density at radius 2 is 1.90 bits per heavy atom. The number of halogens is 2. The fourth-order valence-corrected chi connectivity index (χ4v) is 4.95. The van der Waals surface area contributed by atoms with E-state index in [0.29, 0.717) is 19.3 Å². The summed E-state index contributed by atoms with van der Waals surface area (Å²) in [6, 6.07) is 4.70. The van der Waals surface area contributed by atoms with E-state index in [4.69, 9.17) is 23.2 Å². The van der Waals surface area contributed by atoms with Crippen LogP contribution in [0, 0.1) is 5.92 Å². The van der Waals surface area contributed by atoms with Crippen LogP contribution in [0.4, 0.5) is 5.69 Å². The van der Waals surface area contributed by atoms with Crippen LogP contribution in [0.15, 0.2) is 18.2 Å². The lowest BCUT2D eigenvalue weighted by Crippen LogP contribution is -2.35. The average molecular weight is 352 g/mol. The first-order chi connectivity index (χ1) is 9.86. The van der Waals surface area contributed by atoms with E-state index in [-0.39, 0.29) is 15.7 Å². The lowest BCUT2D eigenvalue weighted by Gasteiger charge is -2.20. The Labute approximate surface area is 133 Å². The number of benzene rings is 1. The molecule has 0 saturated heterocycles. The van der Waals surface area contributed by atoms with Crippen molar-refractivity contribution in [3.8, 4) is 0 Å². The third-order valence-electron chi connectivity index (χ3n) is 3.56. The molecule has 21 heavy (non-hydrogen) atoms. The Morgan fingerprint density at radius 3 is 2.48 bits per heavy atom. The minimum atomic E-state index is -3.78. The minimum Gasteiger partial charge on any atom is -0.469 e. The van der Waals surface area contributed by atoms with Crippen molar-refractivity contribution in [3.63, 3.8) is 0 Å². The number of sulfonamides is 1. The van der Waals surface area contributed by atoms with Crippen molar-refractivity contribution in [3.05, 3.63) is 28.2 Å². The van der Waals surface area contributed by atoms with Crippen LogP contribution in [0.1, 0.15) is 19.3 Å². The lowest BCUT2D eigenvalue weighted by atomic mass is 10.1. The molecule has 1 aromatic carbocycles. The van der Waals surface area contributed by atoms with Crippen LogP contribution in [-0.4, -0.2) is 26.7 Å². The largest absolute Gasteiger partial charge is 0.469 e. The molecule has 1 N–H and O–H groups in total. The van der Waals surface area contributed by atoms with Gasteiger partial charge in [0.2, 0.25) is 10.0 Å². The van der Waals surface area contributed by atoms with Gasteiger partial charge in [-0.15, -0.1) is 0 Å². The summed E-state index contributed by atoms with van der Waals surface area (Å²) in [4.78, 5) is 11.7. The Kier molecular flexibility index (Phi) is 5.01. The van der Waals surface area contributed by atoms with Crippen LogP contribution < -0.4 is 4.72 Å². The number of para-hydroxylation sites is 1. The second-order valence-corrected chi connectivity index (χ2v) is 7.56. The van der Waals surface area contributed by atoms with Crippen molar-refractivity contribution in [2.75, 3.05) is 11.8 Å². The van der Waals surface area contributed by atoms with Gasteiger partial charge in [-0.05, 0) is 25.0 Å². The van der Waals surface area contributed by atoms with Crippen molar-refractivity contribution in [1.29, 1.82) is 0 Å². The number of nitrogens with one attached hydrogen (secondary N) is 1. The second kappa shape index (κ2) is 6.42. The highest BCUT2D eigenvalue weighted by Gasteiger charge is 2.42. The maximum atomic E-state index is 12.5. The van der Waals surface area contributed by atoms with E-state index >= 15 is 0 Å². The number of hydrogen-bond acceptors (Lipinski definition) is 4. The Bertz CT molecular complexity index is 627. The minimum absolute atomic E-state index is 0.136. The third-order valence-corrected chi connectivity index (χ3v) is 6.04. The summed E-state index contributed by atoms with van der Waals surface area (Å²) in [5.41, 5.74) is 0.136. The molecule has 1 aliphatic rings. The fourth-order valence-electron chi connectivity index (χ4n) is 2.53. The quantitative estimate of drug-likeness (QED) is 0.846. The second-order valence-electron chi connectivity index (χ2n) is 4.84. The highest BCUT2D eigenvalue weighted by atomic mass is 35.5. The predicted octanol–water partition coefficient (Wildman–Crippen LogP) is 3.08. The molecule has 0 heterocycles. The van der Waals surface area contributed by atoms with Gasteiger partial charge in [-0.3, -0.25) is 9.52 Å². The Morgan fingerprint density at radius 1 is 1.29 bits per heavy atom. The van der Waals surface area contributed by atoms with E-state index in [1.807, 2.05) is 0 Å². The molecule has 0 aromatic heterocycles. The molecule has 116 valence electrons.